The number of aromatic nitrogens is 4. The number of piperazine rings is 1. The number of anilines is 4. The minimum absolute atomic E-state index is 0.153. The smallest absolute Gasteiger partial charge is 0.326 e. The lowest BCUT2D eigenvalue weighted by Crippen LogP contribution is -2.47. The predicted molar refractivity (Wildman–Crippen MR) is 127 cm³/mol. The maximum Gasteiger partial charge on any atom is 0.326 e. The van der Waals surface area contributed by atoms with Crippen LogP contribution < -0.4 is 31.5 Å². The molecule has 34 heavy (non-hydrogen) atoms. The van der Waals surface area contributed by atoms with E-state index in [-0.39, 0.29) is 5.70 Å². The third-order valence-electron chi connectivity index (χ3n) is 6.18. The Morgan fingerprint density at radius 2 is 1.88 bits per heavy atom. The largest absolute Gasteiger partial charge is 0.393 e. The van der Waals surface area contributed by atoms with E-state index < -0.39 is 11.9 Å². The maximum absolute atomic E-state index is 12.0. The van der Waals surface area contributed by atoms with Crippen LogP contribution in [0.5, 0.6) is 0 Å². The van der Waals surface area contributed by atoms with E-state index >= 15 is 0 Å². The zero-order valence-electron chi connectivity index (χ0n) is 18.4. The van der Waals surface area contributed by atoms with E-state index in [4.69, 9.17) is 10.7 Å². The Kier molecular flexibility index (Phi) is 4.71. The van der Waals surface area contributed by atoms with Crippen LogP contribution in [0, 0.1) is 0 Å². The van der Waals surface area contributed by atoms with E-state index in [9.17, 15) is 9.59 Å². The third-order valence-corrected chi connectivity index (χ3v) is 6.18. The number of pyridine rings is 1. The first-order valence-corrected chi connectivity index (χ1v) is 11.3. The molecule has 0 spiro atoms. The number of hydrogen-bond acceptors (Lipinski definition) is 9. The lowest BCUT2D eigenvalue weighted by atomic mass is 10.2. The fraction of sp³-hybridized carbons (Fsp3) is 0.318. The predicted octanol–water partition coefficient (Wildman–Crippen LogP) is 0.788. The Bertz CT molecular complexity index is 1310. The number of nitrogen functional groups attached to an aromatic ring is 1. The quantitative estimate of drug-likeness (QED) is 0.321. The fourth-order valence-electron chi connectivity index (χ4n) is 4.24. The van der Waals surface area contributed by atoms with Gasteiger partial charge in [-0.3, -0.25) is 10.1 Å². The first-order valence-electron chi connectivity index (χ1n) is 11.3. The van der Waals surface area contributed by atoms with Crippen molar-refractivity contribution in [2.45, 2.75) is 18.9 Å². The SMILES string of the molecule is Nc1c(N2CCN(c3ccccn3)CC2)nc2c(/C=C3\NC(=O)NC3=O)cnn2c1NC1CC1. The van der Waals surface area contributed by atoms with E-state index in [0.717, 1.165) is 44.8 Å². The van der Waals surface area contributed by atoms with Crippen LogP contribution in [0.3, 0.4) is 0 Å². The second kappa shape index (κ2) is 7.90. The van der Waals surface area contributed by atoms with Crippen LogP contribution >= 0.6 is 0 Å². The molecule has 5 N–H and O–H groups in total. The van der Waals surface area contributed by atoms with E-state index in [1.807, 2.05) is 18.2 Å². The molecule has 12 nitrogen and oxygen atoms in total. The van der Waals surface area contributed by atoms with E-state index in [1.54, 1.807) is 23.0 Å². The summed E-state index contributed by atoms with van der Waals surface area (Å²) >= 11 is 0. The summed E-state index contributed by atoms with van der Waals surface area (Å²) in [4.78, 5) is 37.3. The zero-order valence-corrected chi connectivity index (χ0v) is 18.4. The van der Waals surface area contributed by atoms with E-state index in [2.05, 4.69) is 35.8 Å². The molecule has 0 atom stereocenters. The number of rotatable bonds is 5. The second-order valence-electron chi connectivity index (χ2n) is 8.58. The Morgan fingerprint density at radius 1 is 1.09 bits per heavy atom. The molecule has 3 aromatic rings. The molecule has 5 heterocycles. The summed E-state index contributed by atoms with van der Waals surface area (Å²) in [6.07, 6.45) is 7.15. The van der Waals surface area contributed by atoms with Crippen LogP contribution in [-0.2, 0) is 4.79 Å². The van der Waals surface area contributed by atoms with Crippen molar-refractivity contribution in [1.82, 2.24) is 30.2 Å². The number of carbonyl (C=O) groups excluding carboxylic acids is 2. The lowest BCUT2D eigenvalue weighted by Gasteiger charge is -2.36. The molecule has 12 heteroatoms. The molecule has 3 fully saturated rings. The monoisotopic (exact) mass is 460 g/mol. The fourth-order valence-corrected chi connectivity index (χ4v) is 4.24. The number of carbonyl (C=O) groups is 2. The summed E-state index contributed by atoms with van der Waals surface area (Å²) in [6, 6.07) is 5.71. The summed E-state index contributed by atoms with van der Waals surface area (Å²) in [5.41, 5.74) is 8.49. The number of urea groups is 1. The van der Waals surface area contributed by atoms with Crippen molar-refractivity contribution in [2.75, 3.05) is 47.0 Å². The van der Waals surface area contributed by atoms with Gasteiger partial charge in [0.2, 0.25) is 0 Å². The minimum atomic E-state index is -0.549. The number of amides is 3. The molecule has 2 aliphatic heterocycles. The molecular formula is C22H24N10O2. The van der Waals surface area contributed by atoms with Gasteiger partial charge in [0.25, 0.3) is 5.91 Å². The second-order valence-corrected chi connectivity index (χ2v) is 8.58. The Labute approximate surface area is 194 Å². The first-order chi connectivity index (χ1) is 16.6. The zero-order chi connectivity index (χ0) is 23.2. The van der Waals surface area contributed by atoms with Crippen LogP contribution in [0.25, 0.3) is 11.7 Å². The van der Waals surface area contributed by atoms with Gasteiger partial charge < -0.3 is 26.2 Å². The minimum Gasteiger partial charge on any atom is -0.393 e. The summed E-state index contributed by atoms with van der Waals surface area (Å²) < 4.78 is 1.67. The van der Waals surface area contributed by atoms with E-state index in [0.29, 0.717) is 34.6 Å². The van der Waals surface area contributed by atoms with Gasteiger partial charge in [0, 0.05) is 44.0 Å². The average molecular weight is 461 g/mol. The van der Waals surface area contributed by atoms with Crippen molar-refractivity contribution in [1.29, 1.82) is 0 Å². The van der Waals surface area contributed by atoms with Gasteiger partial charge in [-0.2, -0.15) is 9.61 Å². The van der Waals surface area contributed by atoms with Gasteiger partial charge in [-0.1, -0.05) is 6.07 Å². The normalized spacial score (nSPS) is 19.6. The molecule has 1 saturated carbocycles. The highest BCUT2D eigenvalue weighted by molar-refractivity contribution is 6.14. The summed E-state index contributed by atoms with van der Waals surface area (Å²) in [5.74, 6) is 1.84. The van der Waals surface area contributed by atoms with Gasteiger partial charge in [-0.15, -0.1) is 0 Å². The number of nitrogens with one attached hydrogen (secondary N) is 3. The highest BCUT2D eigenvalue weighted by Crippen LogP contribution is 2.35. The van der Waals surface area contributed by atoms with Crippen molar-refractivity contribution in [3.63, 3.8) is 0 Å². The number of nitrogens with zero attached hydrogens (tertiary/aromatic N) is 6. The van der Waals surface area contributed by atoms with Crippen LogP contribution in [0.2, 0.25) is 0 Å². The number of nitrogens with two attached hydrogens (primary N) is 1. The average Bonchev–Trinajstić information content (AvgIpc) is 3.50. The molecule has 0 aromatic carbocycles. The van der Waals surface area contributed by atoms with Crippen molar-refractivity contribution < 1.29 is 9.59 Å². The molecule has 174 valence electrons. The van der Waals surface area contributed by atoms with Crippen LogP contribution in [-0.4, -0.2) is 63.7 Å². The number of fused-ring (bicyclic) bond motifs is 1. The lowest BCUT2D eigenvalue weighted by molar-refractivity contribution is -0.115. The molecule has 3 aromatic heterocycles. The van der Waals surface area contributed by atoms with Gasteiger partial charge in [0.05, 0.1) is 6.20 Å². The Morgan fingerprint density at radius 3 is 2.56 bits per heavy atom. The summed E-state index contributed by atoms with van der Waals surface area (Å²) in [5, 5.41) is 12.7. The molecule has 3 aliphatic rings. The van der Waals surface area contributed by atoms with Gasteiger partial charge in [-0.05, 0) is 31.1 Å². The van der Waals surface area contributed by atoms with Crippen LogP contribution in [0.4, 0.5) is 27.9 Å². The standard InChI is InChI=1S/C22H24N10O2/c23-17-19(31-9-7-30(8-10-31)16-3-1-2-6-24-16)28-18-13(11-15-21(33)29-22(34)27-15)12-25-32(18)20(17)26-14-4-5-14/h1-3,6,11-12,14,26H,4-5,7-10,23H2,(H2,27,29,33,34)/b15-11-. The Hall–Kier alpha value is -4.35. The van der Waals surface area contributed by atoms with Crippen molar-refractivity contribution in [3.8, 4) is 0 Å². The van der Waals surface area contributed by atoms with Gasteiger partial charge >= 0.3 is 6.03 Å². The highest BCUT2D eigenvalue weighted by Gasteiger charge is 2.29. The van der Waals surface area contributed by atoms with Crippen molar-refractivity contribution in [3.05, 3.63) is 41.9 Å². The van der Waals surface area contributed by atoms with Crippen LogP contribution in [0.15, 0.2) is 36.3 Å². The van der Waals surface area contributed by atoms with Gasteiger partial charge in [-0.25, -0.2) is 14.8 Å². The molecule has 0 bridgehead atoms. The van der Waals surface area contributed by atoms with E-state index in [1.165, 1.54) is 0 Å². The first kappa shape index (κ1) is 20.3. The molecule has 0 radical (unpaired) electrons. The summed E-state index contributed by atoms with van der Waals surface area (Å²) in [7, 11) is 0. The summed E-state index contributed by atoms with van der Waals surface area (Å²) in [6.45, 7) is 3.04. The molecule has 0 unspecified atom stereocenters. The van der Waals surface area contributed by atoms with Gasteiger partial charge in [0.1, 0.15) is 17.2 Å². The number of hydrogen-bond donors (Lipinski definition) is 4. The maximum atomic E-state index is 12.0. The van der Waals surface area contributed by atoms with Crippen molar-refractivity contribution in [2.24, 2.45) is 0 Å². The molecule has 2 saturated heterocycles. The highest BCUT2D eigenvalue weighted by atomic mass is 16.2. The number of imide groups is 1. The molecular weight excluding hydrogens is 436 g/mol. The molecule has 6 rings (SSSR count). The molecule has 3 amide bonds. The van der Waals surface area contributed by atoms with Crippen molar-refractivity contribution >= 4 is 46.8 Å². The van der Waals surface area contributed by atoms with Gasteiger partial charge in [0.15, 0.2) is 17.3 Å². The Balaban J connectivity index is 1.36. The third kappa shape index (κ3) is 3.62. The topological polar surface area (TPSA) is 146 Å². The van der Waals surface area contributed by atoms with Crippen LogP contribution in [0.1, 0.15) is 18.4 Å². The molecule has 1 aliphatic carbocycles.